The van der Waals surface area contributed by atoms with Crippen molar-refractivity contribution in [3.05, 3.63) is 64.0 Å². The fourth-order valence-electron chi connectivity index (χ4n) is 4.91. The normalized spacial score (nSPS) is 22.7. The molecular weight excluding hydrogens is 424 g/mol. The quantitative estimate of drug-likeness (QED) is 0.660. The second-order valence-electron chi connectivity index (χ2n) is 8.83. The lowest BCUT2D eigenvalue weighted by molar-refractivity contribution is -0.140. The predicted octanol–water partition coefficient (Wildman–Crippen LogP) is 4.71. The van der Waals surface area contributed by atoms with Crippen LogP contribution in [-0.4, -0.2) is 35.7 Å². The molecule has 2 aliphatic heterocycles. The molecule has 2 atom stereocenters. The summed E-state index contributed by atoms with van der Waals surface area (Å²) in [4.78, 5) is 2.09. The van der Waals surface area contributed by atoms with Gasteiger partial charge in [-0.25, -0.2) is 4.39 Å². The molecule has 4 rings (SSSR count). The summed E-state index contributed by atoms with van der Waals surface area (Å²) >= 11 is 0. The zero-order chi connectivity index (χ0) is 23.0. The lowest BCUT2D eigenvalue weighted by Crippen LogP contribution is -2.42. The van der Waals surface area contributed by atoms with E-state index in [0.29, 0.717) is 43.9 Å². The van der Waals surface area contributed by atoms with Crippen LogP contribution in [0, 0.1) is 18.7 Å². The summed E-state index contributed by atoms with van der Waals surface area (Å²) in [6.45, 7) is 3.97. The van der Waals surface area contributed by atoms with Crippen LogP contribution in [0.2, 0.25) is 0 Å². The average molecular weight is 452 g/mol. The van der Waals surface area contributed by atoms with Gasteiger partial charge in [-0.3, -0.25) is 4.90 Å². The summed E-state index contributed by atoms with van der Waals surface area (Å²) in [5.41, 5.74) is 7.84. The smallest absolute Gasteiger partial charge is 0.419 e. The van der Waals surface area contributed by atoms with E-state index in [2.05, 4.69) is 4.90 Å². The Hall–Kier alpha value is -2.16. The van der Waals surface area contributed by atoms with Gasteiger partial charge in [-0.2, -0.15) is 13.2 Å². The van der Waals surface area contributed by atoms with Crippen molar-refractivity contribution in [2.75, 3.05) is 19.6 Å². The molecule has 2 aliphatic rings. The SMILES string of the molecule is Cc1ccc2c(c1O)CC(C1CCN(Cc3ccc(F)c(C(F)(F)F)c3)CC1)OC2CN. The van der Waals surface area contributed by atoms with Gasteiger partial charge in [-0.15, -0.1) is 0 Å². The Labute approximate surface area is 185 Å². The van der Waals surface area contributed by atoms with Crippen molar-refractivity contribution in [3.8, 4) is 5.75 Å². The van der Waals surface area contributed by atoms with Gasteiger partial charge >= 0.3 is 6.18 Å². The Morgan fingerprint density at radius 2 is 1.88 bits per heavy atom. The highest BCUT2D eigenvalue weighted by Gasteiger charge is 2.36. The number of hydrogen-bond donors (Lipinski definition) is 2. The highest BCUT2D eigenvalue weighted by atomic mass is 19.4. The number of fused-ring (bicyclic) bond motifs is 1. The Bertz CT molecular complexity index is 971. The van der Waals surface area contributed by atoms with Crippen LogP contribution in [0.15, 0.2) is 30.3 Å². The van der Waals surface area contributed by atoms with Gasteiger partial charge in [0.15, 0.2) is 0 Å². The lowest BCUT2D eigenvalue weighted by atomic mass is 9.83. The second kappa shape index (κ2) is 9.00. The van der Waals surface area contributed by atoms with E-state index in [1.54, 1.807) is 0 Å². The molecule has 2 heterocycles. The van der Waals surface area contributed by atoms with Gasteiger partial charge in [0.05, 0.1) is 17.8 Å². The molecule has 4 nitrogen and oxygen atoms in total. The van der Waals surface area contributed by atoms with Gasteiger partial charge in [0, 0.05) is 25.1 Å². The van der Waals surface area contributed by atoms with E-state index in [1.807, 2.05) is 19.1 Å². The molecular formula is C24H28F4N2O2. The molecule has 0 bridgehead atoms. The molecule has 0 aromatic heterocycles. The van der Waals surface area contributed by atoms with Gasteiger partial charge in [-0.1, -0.05) is 18.2 Å². The highest BCUT2D eigenvalue weighted by molar-refractivity contribution is 5.47. The maximum atomic E-state index is 13.5. The Morgan fingerprint density at radius 3 is 2.53 bits per heavy atom. The minimum absolute atomic E-state index is 0.0615. The van der Waals surface area contributed by atoms with Crippen molar-refractivity contribution >= 4 is 0 Å². The van der Waals surface area contributed by atoms with E-state index in [0.717, 1.165) is 41.7 Å². The van der Waals surface area contributed by atoms with Crippen molar-refractivity contribution in [1.82, 2.24) is 4.90 Å². The van der Waals surface area contributed by atoms with Crippen LogP contribution in [0.5, 0.6) is 5.75 Å². The van der Waals surface area contributed by atoms with Gasteiger partial charge < -0.3 is 15.6 Å². The van der Waals surface area contributed by atoms with E-state index in [1.165, 1.54) is 6.07 Å². The Kier molecular flexibility index (Phi) is 6.47. The van der Waals surface area contributed by atoms with Gasteiger partial charge in [0.1, 0.15) is 11.6 Å². The van der Waals surface area contributed by atoms with Crippen molar-refractivity contribution in [3.63, 3.8) is 0 Å². The molecule has 32 heavy (non-hydrogen) atoms. The monoisotopic (exact) mass is 452 g/mol. The van der Waals surface area contributed by atoms with E-state index < -0.39 is 17.6 Å². The minimum atomic E-state index is -4.70. The number of phenols is 1. The predicted molar refractivity (Wildman–Crippen MR) is 113 cm³/mol. The fourth-order valence-corrected chi connectivity index (χ4v) is 4.91. The number of phenolic OH excluding ortho intramolecular Hbond substituents is 1. The minimum Gasteiger partial charge on any atom is -0.507 e. The van der Waals surface area contributed by atoms with Crippen LogP contribution >= 0.6 is 0 Å². The zero-order valence-corrected chi connectivity index (χ0v) is 18.0. The van der Waals surface area contributed by atoms with E-state index in [4.69, 9.17) is 10.5 Å². The third-order valence-electron chi connectivity index (χ3n) is 6.73. The number of nitrogens with zero attached hydrogens (tertiary/aromatic N) is 1. The summed E-state index contributed by atoms with van der Waals surface area (Å²) in [5, 5.41) is 10.6. The second-order valence-corrected chi connectivity index (χ2v) is 8.83. The van der Waals surface area contributed by atoms with Gasteiger partial charge in [0.25, 0.3) is 0 Å². The van der Waals surface area contributed by atoms with Gasteiger partial charge in [-0.05, 0) is 67.6 Å². The first kappa shape index (κ1) is 23.0. The standard InChI is InChI=1S/C24H28F4N2O2/c1-14-2-4-17-18(23(14)31)11-21(32-22(17)12-29)16-6-8-30(9-7-16)13-15-3-5-20(25)19(10-15)24(26,27)28/h2-5,10,16,21-22,31H,6-9,11-13,29H2,1H3. The highest BCUT2D eigenvalue weighted by Crippen LogP contribution is 2.40. The van der Waals surface area contributed by atoms with Crippen molar-refractivity contribution in [1.29, 1.82) is 0 Å². The number of alkyl halides is 3. The maximum absolute atomic E-state index is 13.5. The number of likely N-dealkylation sites (tertiary alicyclic amines) is 1. The van der Waals surface area contributed by atoms with Crippen LogP contribution in [-0.2, 0) is 23.9 Å². The molecule has 0 spiro atoms. The largest absolute Gasteiger partial charge is 0.507 e. The number of hydrogen-bond acceptors (Lipinski definition) is 4. The molecule has 0 radical (unpaired) electrons. The molecule has 0 saturated carbocycles. The Morgan fingerprint density at radius 1 is 1.16 bits per heavy atom. The number of aromatic hydroxyl groups is 1. The Balaban J connectivity index is 1.41. The molecule has 8 heteroatoms. The number of piperidine rings is 1. The number of benzene rings is 2. The van der Waals surface area contributed by atoms with Crippen LogP contribution in [0.25, 0.3) is 0 Å². The molecule has 0 aliphatic carbocycles. The number of ether oxygens (including phenoxy) is 1. The first-order valence-electron chi connectivity index (χ1n) is 10.9. The topological polar surface area (TPSA) is 58.7 Å². The maximum Gasteiger partial charge on any atom is 0.419 e. The van der Waals surface area contributed by atoms with E-state index >= 15 is 0 Å². The fraction of sp³-hybridized carbons (Fsp3) is 0.500. The van der Waals surface area contributed by atoms with Crippen molar-refractivity contribution < 1.29 is 27.4 Å². The summed E-state index contributed by atoms with van der Waals surface area (Å²) < 4.78 is 58.8. The third kappa shape index (κ3) is 4.63. The molecule has 2 aromatic rings. The first-order chi connectivity index (χ1) is 15.2. The van der Waals surface area contributed by atoms with Gasteiger partial charge in [0.2, 0.25) is 0 Å². The summed E-state index contributed by atoms with van der Waals surface area (Å²) in [6.07, 6.45) is -2.74. The lowest BCUT2D eigenvalue weighted by Gasteiger charge is -2.40. The van der Waals surface area contributed by atoms with Crippen LogP contribution in [0.1, 0.15) is 46.8 Å². The number of halogens is 4. The van der Waals surface area contributed by atoms with Crippen LogP contribution < -0.4 is 5.73 Å². The number of aryl methyl sites for hydroxylation is 1. The average Bonchev–Trinajstić information content (AvgIpc) is 2.77. The molecule has 0 amide bonds. The zero-order valence-electron chi connectivity index (χ0n) is 18.0. The molecule has 174 valence electrons. The van der Waals surface area contributed by atoms with Crippen LogP contribution in [0.4, 0.5) is 17.6 Å². The van der Waals surface area contributed by atoms with Crippen molar-refractivity contribution in [2.24, 2.45) is 11.7 Å². The molecule has 2 aromatic carbocycles. The third-order valence-corrected chi connectivity index (χ3v) is 6.73. The van der Waals surface area contributed by atoms with E-state index in [9.17, 15) is 22.7 Å². The van der Waals surface area contributed by atoms with Crippen molar-refractivity contribution in [2.45, 2.75) is 51.1 Å². The molecule has 3 N–H and O–H groups in total. The first-order valence-corrected chi connectivity index (χ1v) is 10.9. The number of rotatable bonds is 4. The van der Waals surface area contributed by atoms with E-state index in [-0.39, 0.29) is 18.1 Å². The number of nitrogens with two attached hydrogens (primary N) is 1. The van der Waals surface area contributed by atoms with Crippen LogP contribution in [0.3, 0.4) is 0 Å². The summed E-state index contributed by atoms with van der Waals surface area (Å²) in [5.74, 6) is -0.668. The molecule has 2 unspecified atom stereocenters. The molecule has 1 fully saturated rings. The molecule has 1 saturated heterocycles. The summed E-state index contributed by atoms with van der Waals surface area (Å²) in [6, 6.07) is 7.05. The summed E-state index contributed by atoms with van der Waals surface area (Å²) in [7, 11) is 0.